The van der Waals surface area contributed by atoms with E-state index in [1.807, 2.05) is 36.4 Å². The first kappa shape index (κ1) is 25.2. The van der Waals surface area contributed by atoms with E-state index < -0.39 is 11.2 Å². The van der Waals surface area contributed by atoms with Crippen molar-refractivity contribution in [3.63, 3.8) is 0 Å². The third-order valence-corrected chi connectivity index (χ3v) is 7.42. The monoisotopic (exact) mass is 541 g/mol. The molecule has 0 radical (unpaired) electrons. The Labute approximate surface area is 222 Å². The second kappa shape index (κ2) is 11.2. The van der Waals surface area contributed by atoms with Crippen LogP contribution in [0, 0.1) is 11.3 Å². The van der Waals surface area contributed by atoms with Crippen LogP contribution in [0.2, 0.25) is 15.1 Å². The van der Waals surface area contributed by atoms with Crippen LogP contribution in [0.4, 0.5) is 5.69 Å². The Balaban J connectivity index is 1.69. The number of amides is 2. The number of benzene rings is 3. The van der Waals surface area contributed by atoms with Crippen molar-refractivity contribution in [1.82, 2.24) is 5.32 Å². The SMILES string of the molecule is N#C/C(C(=O)NCc1ccccc1)=C1/SC(Cc2cc(Cl)ccc2Cl)C(=O)N1c1ccc(Cl)cc1. The van der Waals surface area contributed by atoms with Gasteiger partial charge in [0.1, 0.15) is 16.7 Å². The zero-order chi connectivity index (χ0) is 24.9. The molecule has 3 aromatic rings. The number of nitriles is 1. The first-order valence-electron chi connectivity index (χ1n) is 10.5. The van der Waals surface area contributed by atoms with Gasteiger partial charge in [0.05, 0.1) is 5.25 Å². The van der Waals surface area contributed by atoms with Crippen molar-refractivity contribution < 1.29 is 9.59 Å². The summed E-state index contributed by atoms with van der Waals surface area (Å²) in [5.74, 6) is -0.834. The Morgan fingerprint density at radius 1 is 1.00 bits per heavy atom. The molecular weight excluding hydrogens is 525 g/mol. The lowest BCUT2D eigenvalue weighted by molar-refractivity contribution is -0.117. The molecule has 0 aliphatic carbocycles. The average molecular weight is 543 g/mol. The fraction of sp³-hybridized carbons (Fsp3) is 0.115. The van der Waals surface area contributed by atoms with Crippen molar-refractivity contribution in [2.75, 3.05) is 4.90 Å². The molecule has 2 amide bonds. The number of carbonyl (C=O) groups excluding carboxylic acids is 2. The van der Waals surface area contributed by atoms with E-state index in [0.717, 1.165) is 17.3 Å². The highest BCUT2D eigenvalue weighted by Gasteiger charge is 2.41. The van der Waals surface area contributed by atoms with E-state index in [2.05, 4.69) is 5.32 Å². The van der Waals surface area contributed by atoms with Gasteiger partial charge < -0.3 is 5.32 Å². The highest BCUT2D eigenvalue weighted by Crippen LogP contribution is 2.42. The molecule has 0 spiro atoms. The van der Waals surface area contributed by atoms with Crippen LogP contribution in [-0.2, 0) is 22.6 Å². The molecule has 4 rings (SSSR count). The minimum atomic E-state index is -0.609. The van der Waals surface area contributed by atoms with Gasteiger partial charge in [-0.2, -0.15) is 5.26 Å². The van der Waals surface area contributed by atoms with Gasteiger partial charge in [-0.25, -0.2) is 0 Å². The summed E-state index contributed by atoms with van der Waals surface area (Å²) in [7, 11) is 0. The van der Waals surface area contributed by atoms with Gasteiger partial charge in [0.25, 0.3) is 5.91 Å². The predicted octanol–water partition coefficient (Wildman–Crippen LogP) is 6.39. The fourth-order valence-electron chi connectivity index (χ4n) is 3.58. The van der Waals surface area contributed by atoms with Crippen LogP contribution in [-0.4, -0.2) is 17.1 Å². The summed E-state index contributed by atoms with van der Waals surface area (Å²) in [4.78, 5) is 28.0. The number of halogens is 3. The van der Waals surface area contributed by atoms with Gasteiger partial charge in [0, 0.05) is 27.3 Å². The van der Waals surface area contributed by atoms with E-state index in [4.69, 9.17) is 34.8 Å². The molecule has 1 heterocycles. The lowest BCUT2D eigenvalue weighted by Crippen LogP contribution is -2.32. The number of nitrogens with one attached hydrogen (secondary N) is 1. The van der Waals surface area contributed by atoms with Gasteiger partial charge in [-0.1, -0.05) is 76.9 Å². The molecule has 35 heavy (non-hydrogen) atoms. The summed E-state index contributed by atoms with van der Waals surface area (Å²) >= 11 is 19.7. The number of nitrogens with zero attached hydrogens (tertiary/aromatic N) is 2. The Kier molecular flexibility index (Phi) is 8.04. The van der Waals surface area contributed by atoms with E-state index in [1.54, 1.807) is 42.5 Å². The maximum atomic E-state index is 13.5. The highest BCUT2D eigenvalue weighted by molar-refractivity contribution is 8.05. The van der Waals surface area contributed by atoms with Crippen LogP contribution >= 0.6 is 46.6 Å². The van der Waals surface area contributed by atoms with Crippen molar-refractivity contribution in [1.29, 1.82) is 5.26 Å². The Morgan fingerprint density at radius 3 is 2.37 bits per heavy atom. The van der Waals surface area contributed by atoms with Crippen LogP contribution in [0.3, 0.4) is 0 Å². The second-order valence-electron chi connectivity index (χ2n) is 7.66. The summed E-state index contributed by atoms with van der Waals surface area (Å²) in [6.45, 7) is 0.249. The van der Waals surface area contributed by atoms with Gasteiger partial charge >= 0.3 is 0 Å². The number of carbonyl (C=O) groups is 2. The summed E-state index contributed by atoms with van der Waals surface area (Å²) in [5.41, 5.74) is 1.95. The highest BCUT2D eigenvalue weighted by atomic mass is 35.5. The standard InChI is InChI=1S/C26H18Cl3N3O2S/c27-18-6-9-20(10-7-18)32-25(34)23(13-17-12-19(28)8-11-22(17)29)35-26(32)21(14-30)24(33)31-15-16-4-2-1-3-5-16/h1-12,23H,13,15H2,(H,31,33)/b26-21-. The normalized spacial score (nSPS) is 16.7. The van der Waals surface area contributed by atoms with Crippen molar-refractivity contribution in [2.45, 2.75) is 18.2 Å². The minimum Gasteiger partial charge on any atom is -0.347 e. The van der Waals surface area contributed by atoms with Gasteiger partial charge in [0.15, 0.2) is 0 Å². The number of hydrogen-bond donors (Lipinski definition) is 1. The fourth-order valence-corrected chi connectivity index (χ4v) is 5.39. The summed E-state index contributed by atoms with van der Waals surface area (Å²) in [5, 5.41) is 13.8. The van der Waals surface area contributed by atoms with Gasteiger partial charge in [-0.05, 0) is 60.0 Å². The van der Waals surface area contributed by atoms with E-state index in [0.29, 0.717) is 26.3 Å². The second-order valence-corrected chi connectivity index (χ2v) is 10.1. The van der Waals surface area contributed by atoms with Crippen molar-refractivity contribution >= 4 is 64.1 Å². The molecule has 1 fully saturated rings. The third kappa shape index (κ3) is 5.83. The average Bonchev–Trinajstić information content (AvgIpc) is 3.17. The summed E-state index contributed by atoms with van der Waals surface area (Å²) in [6.07, 6.45) is 0.279. The number of hydrogen-bond acceptors (Lipinski definition) is 4. The van der Waals surface area contributed by atoms with Crippen LogP contribution < -0.4 is 10.2 Å². The van der Waals surface area contributed by atoms with Crippen LogP contribution in [0.1, 0.15) is 11.1 Å². The van der Waals surface area contributed by atoms with Crippen LogP contribution in [0.15, 0.2) is 83.4 Å². The maximum Gasteiger partial charge on any atom is 0.264 e. The molecule has 9 heteroatoms. The molecule has 1 saturated heterocycles. The smallest absolute Gasteiger partial charge is 0.264 e. The molecule has 176 valence electrons. The van der Waals surface area contributed by atoms with E-state index >= 15 is 0 Å². The molecule has 0 bridgehead atoms. The van der Waals surface area contributed by atoms with Gasteiger partial charge in [0.2, 0.25) is 5.91 Å². The molecular formula is C26H18Cl3N3O2S. The van der Waals surface area contributed by atoms with E-state index in [-0.39, 0.29) is 29.5 Å². The third-order valence-electron chi connectivity index (χ3n) is 5.30. The number of rotatable bonds is 6. The molecule has 1 aliphatic rings. The molecule has 1 unspecified atom stereocenters. The van der Waals surface area contributed by atoms with Crippen molar-refractivity contribution in [3.8, 4) is 6.07 Å². The summed E-state index contributed by atoms with van der Waals surface area (Å²) in [6, 6.07) is 23.1. The maximum absolute atomic E-state index is 13.5. The lowest BCUT2D eigenvalue weighted by Gasteiger charge is -2.19. The molecule has 0 saturated carbocycles. The molecule has 1 N–H and O–H groups in total. The van der Waals surface area contributed by atoms with E-state index in [1.165, 1.54) is 4.90 Å². The van der Waals surface area contributed by atoms with Crippen LogP contribution in [0.5, 0.6) is 0 Å². The first-order valence-corrected chi connectivity index (χ1v) is 12.6. The van der Waals surface area contributed by atoms with Crippen LogP contribution in [0.25, 0.3) is 0 Å². The molecule has 1 aliphatic heterocycles. The quantitative estimate of drug-likeness (QED) is 0.289. The van der Waals surface area contributed by atoms with Gasteiger partial charge in [-0.3, -0.25) is 14.5 Å². The minimum absolute atomic E-state index is 0.145. The summed E-state index contributed by atoms with van der Waals surface area (Å²) < 4.78 is 0. The zero-order valence-corrected chi connectivity index (χ0v) is 21.3. The van der Waals surface area contributed by atoms with E-state index in [9.17, 15) is 14.9 Å². The zero-order valence-electron chi connectivity index (χ0n) is 18.2. The molecule has 3 aromatic carbocycles. The van der Waals surface area contributed by atoms with Gasteiger partial charge in [-0.15, -0.1) is 0 Å². The van der Waals surface area contributed by atoms with Crippen molar-refractivity contribution in [2.24, 2.45) is 0 Å². The number of thioether (sulfide) groups is 1. The lowest BCUT2D eigenvalue weighted by atomic mass is 10.1. The predicted molar refractivity (Wildman–Crippen MR) is 141 cm³/mol. The Morgan fingerprint density at radius 2 is 1.69 bits per heavy atom. The Hall–Kier alpha value is -2.95. The molecule has 0 aromatic heterocycles. The first-order chi connectivity index (χ1) is 16.9. The molecule has 1 atom stereocenters. The van der Waals surface area contributed by atoms with Crippen molar-refractivity contribution in [3.05, 3.63) is 110 Å². The molecule has 5 nitrogen and oxygen atoms in total. The topological polar surface area (TPSA) is 73.2 Å². The Bertz CT molecular complexity index is 1340. The largest absolute Gasteiger partial charge is 0.347 e. The number of anilines is 1.